The van der Waals surface area contributed by atoms with E-state index >= 15 is 4.39 Å². The zero-order chi connectivity index (χ0) is 28.5. The molecule has 0 radical (unpaired) electrons. The van der Waals surface area contributed by atoms with Crippen LogP contribution < -0.4 is 15.0 Å². The normalized spacial score (nSPS) is 19.4. The molecule has 41 heavy (non-hydrogen) atoms. The van der Waals surface area contributed by atoms with Crippen molar-refractivity contribution in [1.29, 1.82) is 0 Å². The fourth-order valence-electron chi connectivity index (χ4n) is 5.87. The van der Waals surface area contributed by atoms with Crippen molar-refractivity contribution in [3.63, 3.8) is 0 Å². The highest BCUT2D eigenvalue weighted by atomic mass is 19.1. The van der Waals surface area contributed by atoms with E-state index in [9.17, 15) is 14.4 Å². The molecule has 0 spiro atoms. The zero-order valence-corrected chi connectivity index (χ0v) is 23.1. The van der Waals surface area contributed by atoms with Crippen LogP contribution in [0.3, 0.4) is 0 Å². The summed E-state index contributed by atoms with van der Waals surface area (Å²) in [6.45, 7) is 6.33. The van der Waals surface area contributed by atoms with Crippen LogP contribution in [-0.2, 0) is 29.3 Å². The molecule has 0 saturated carbocycles. The molecule has 3 aromatic rings. The second-order valence-corrected chi connectivity index (χ2v) is 11.0. The number of hydrogen-bond acceptors (Lipinski definition) is 6. The highest BCUT2D eigenvalue weighted by Gasteiger charge is 2.40. The number of carbonyl (C=O) groups is 3. The van der Waals surface area contributed by atoms with Crippen molar-refractivity contribution in [2.45, 2.75) is 45.5 Å². The number of anilines is 1. The maximum atomic E-state index is 15.3. The fraction of sp³-hybridized carbons (Fsp3) is 0.344. The number of ether oxygens (including phenoxy) is 1. The zero-order valence-electron chi connectivity index (χ0n) is 23.1. The Kier molecular flexibility index (Phi) is 7.45. The highest BCUT2D eigenvalue weighted by Crippen LogP contribution is 2.33. The van der Waals surface area contributed by atoms with Crippen molar-refractivity contribution >= 4 is 23.4 Å². The molecule has 3 aliphatic rings. The summed E-state index contributed by atoms with van der Waals surface area (Å²) in [5, 5.41) is 2.30. The molecule has 2 saturated heterocycles. The topological polar surface area (TPSA) is 82.2 Å². The number of piperidine rings is 1. The van der Waals surface area contributed by atoms with Crippen molar-refractivity contribution < 1.29 is 23.5 Å². The summed E-state index contributed by atoms with van der Waals surface area (Å²) >= 11 is 0. The van der Waals surface area contributed by atoms with Crippen LogP contribution in [0.4, 0.5) is 10.1 Å². The van der Waals surface area contributed by atoms with E-state index in [2.05, 4.69) is 47.5 Å². The number of benzene rings is 3. The van der Waals surface area contributed by atoms with Gasteiger partial charge in [0, 0.05) is 56.8 Å². The number of rotatable bonds is 7. The molecule has 1 unspecified atom stereocenters. The number of nitrogens with zero attached hydrogens (tertiary/aromatic N) is 3. The number of amides is 3. The number of nitrogens with one attached hydrogen (secondary N) is 1. The number of fused-ring (bicyclic) bond motifs is 1. The van der Waals surface area contributed by atoms with Crippen molar-refractivity contribution in [2.24, 2.45) is 0 Å². The molecule has 1 N–H and O–H groups in total. The van der Waals surface area contributed by atoms with E-state index in [1.807, 2.05) is 23.1 Å². The number of carbonyl (C=O) groups excluding carboxylic acids is 3. The van der Waals surface area contributed by atoms with Crippen molar-refractivity contribution in [3.8, 4) is 5.75 Å². The van der Waals surface area contributed by atoms with E-state index in [0.29, 0.717) is 30.9 Å². The standard InChI is InChI=1S/C32H33FN4O4/c1-21-7-8-23(29(15-21)41-20-22-5-3-2-4-6-22)18-35-11-13-36(14-12-35)28-16-24-19-37(32(40)25(24)17-26(28)33)27-9-10-30(38)34-31(27)39/h2-8,15-17,27H,9-14,18-20H2,1H3,(H,34,38,39). The Morgan fingerprint density at radius 2 is 1.76 bits per heavy atom. The van der Waals surface area contributed by atoms with E-state index in [0.717, 1.165) is 42.1 Å². The largest absolute Gasteiger partial charge is 0.489 e. The van der Waals surface area contributed by atoms with Gasteiger partial charge in [0.05, 0.1) is 5.69 Å². The molecule has 3 aromatic carbocycles. The van der Waals surface area contributed by atoms with Crippen LogP contribution >= 0.6 is 0 Å². The molecule has 1 atom stereocenters. The average molecular weight is 557 g/mol. The van der Waals surface area contributed by atoms with Crippen molar-refractivity contribution in [1.82, 2.24) is 15.1 Å². The maximum Gasteiger partial charge on any atom is 0.255 e. The Morgan fingerprint density at radius 3 is 2.51 bits per heavy atom. The van der Waals surface area contributed by atoms with Gasteiger partial charge < -0.3 is 14.5 Å². The number of halogens is 1. The fourth-order valence-corrected chi connectivity index (χ4v) is 5.87. The first kappa shape index (κ1) is 27.0. The molecule has 3 heterocycles. The first-order chi connectivity index (χ1) is 19.9. The molecular formula is C32H33FN4O4. The van der Waals surface area contributed by atoms with Crippen LogP contribution in [0, 0.1) is 12.7 Å². The molecule has 8 nitrogen and oxygen atoms in total. The second kappa shape index (κ2) is 11.3. The lowest BCUT2D eigenvalue weighted by molar-refractivity contribution is -0.136. The smallest absolute Gasteiger partial charge is 0.255 e. The molecule has 9 heteroatoms. The van der Waals surface area contributed by atoms with Crippen molar-refractivity contribution in [3.05, 3.63) is 94.3 Å². The molecule has 0 aliphatic carbocycles. The molecule has 0 bridgehead atoms. The monoisotopic (exact) mass is 556 g/mol. The summed E-state index contributed by atoms with van der Waals surface area (Å²) in [6, 6.07) is 18.7. The third-order valence-electron chi connectivity index (χ3n) is 8.16. The third-order valence-corrected chi connectivity index (χ3v) is 8.16. The van der Waals surface area contributed by atoms with Gasteiger partial charge >= 0.3 is 0 Å². The van der Waals surface area contributed by atoms with Crippen LogP contribution in [0.25, 0.3) is 0 Å². The second-order valence-electron chi connectivity index (χ2n) is 11.0. The molecule has 0 aromatic heterocycles. The minimum atomic E-state index is -0.717. The van der Waals surface area contributed by atoms with E-state index in [-0.39, 0.29) is 36.8 Å². The van der Waals surface area contributed by atoms with Crippen LogP contribution in [0.15, 0.2) is 60.7 Å². The molecular weight excluding hydrogens is 523 g/mol. The van der Waals surface area contributed by atoms with Crippen LogP contribution in [0.2, 0.25) is 0 Å². The first-order valence-electron chi connectivity index (χ1n) is 14.1. The van der Waals surface area contributed by atoms with Gasteiger partial charge in [-0.15, -0.1) is 0 Å². The van der Waals surface area contributed by atoms with Gasteiger partial charge in [0.15, 0.2) is 0 Å². The number of aryl methyl sites for hydroxylation is 1. The lowest BCUT2D eigenvalue weighted by Crippen LogP contribution is -2.52. The van der Waals surface area contributed by atoms with Crippen LogP contribution in [-0.4, -0.2) is 59.7 Å². The Balaban J connectivity index is 1.10. The van der Waals surface area contributed by atoms with E-state index < -0.39 is 17.8 Å². The summed E-state index contributed by atoms with van der Waals surface area (Å²) < 4.78 is 21.5. The molecule has 2 fully saturated rings. The van der Waals surface area contributed by atoms with Gasteiger partial charge in [-0.05, 0) is 48.2 Å². The van der Waals surface area contributed by atoms with Gasteiger partial charge in [-0.1, -0.05) is 42.5 Å². The minimum Gasteiger partial charge on any atom is -0.489 e. The number of imide groups is 1. The van der Waals surface area contributed by atoms with Crippen molar-refractivity contribution in [2.75, 3.05) is 31.1 Å². The first-order valence-corrected chi connectivity index (χ1v) is 14.1. The quantitative estimate of drug-likeness (QED) is 0.446. The van der Waals surface area contributed by atoms with E-state index in [1.165, 1.54) is 11.0 Å². The summed E-state index contributed by atoms with van der Waals surface area (Å²) in [7, 11) is 0. The van der Waals surface area contributed by atoms with Gasteiger partial charge in [0.1, 0.15) is 24.2 Å². The SMILES string of the molecule is Cc1ccc(CN2CCN(c3cc4c(cc3F)C(=O)N(C3CCC(=O)NC3=O)C4)CC2)c(OCc2ccccc2)c1. The van der Waals surface area contributed by atoms with E-state index in [1.54, 1.807) is 6.07 Å². The Bertz CT molecular complexity index is 1490. The number of piperazine rings is 1. The van der Waals surface area contributed by atoms with Crippen LogP contribution in [0.5, 0.6) is 5.75 Å². The van der Waals surface area contributed by atoms with Gasteiger partial charge in [0.25, 0.3) is 5.91 Å². The van der Waals surface area contributed by atoms with Gasteiger partial charge in [-0.25, -0.2) is 4.39 Å². The Hall–Kier alpha value is -4.24. The van der Waals surface area contributed by atoms with E-state index in [4.69, 9.17) is 4.74 Å². The maximum absolute atomic E-state index is 15.3. The number of hydrogen-bond donors (Lipinski definition) is 1. The summed E-state index contributed by atoms with van der Waals surface area (Å²) in [5.74, 6) is -0.729. The predicted molar refractivity (Wildman–Crippen MR) is 152 cm³/mol. The summed E-state index contributed by atoms with van der Waals surface area (Å²) in [4.78, 5) is 42.7. The van der Waals surface area contributed by atoms with Crippen LogP contribution in [0.1, 0.15) is 45.5 Å². The molecule has 3 aliphatic heterocycles. The molecule has 6 rings (SSSR count). The van der Waals surface area contributed by atoms with Gasteiger partial charge in [-0.3, -0.25) is 24.6 Å². The summed E-state index contributed by atoms with van der Waals surface area (Å²) in [5.41, 5.74) is 4.85. The average Bonchev–Trinajstić information content (AvgIpc) is 3.28. The lowest BCUT2D eigenvalue weighted by Gasteiger charge is -2.36. The summed E-state index contributed by atoms with van der Waals surface area (Å²) in [6.07, 6.45) is 0.464. The molecule has 212 valence electrons. The minimum absolute atomic E-state index is 0.184. The predicted octanol–water partition coefficient (Wildman–Crippen LogP) is 3.80. The lowest BCUT2D eigenvalue weighted by atomic mass is 10.0. The Labute approximate surface area is 238 Å². The third kappa shape index (κ3) is 5.67. The Morgan fingerprint density at radius 1 is 0.976 bits per heavy atom. The van der Waals surface area contributed by atoms with Gasteiger partial charge in [-0.2, -0.15) is 0 Å². The highest BCUT2D eigenvalue weighted by molar-refractivity contribution is 6.05. The van der Waals surface area contributed by atoms with Gasteiger partial charge in [0.2, 0.25) is 11.8 Å². The molecule has 3 amide bonds.